The maximum absolute atomic E-state index is 13.5. The van der Waals surface area contributed by atoms with Gasteiger partial charge < -0.3 is 15.2 Å². The Morgan fingerprint density at radius 3 is 2.50 bits per heavy atom. The van der Waals surface area contributed by atoms with Gasteiger partial charge in [-0.1, -0.05) is 24.3 Å². The molecule has 0 unspecified atom stereocenters. The highest BCUT2D eigenvalue weighted by molar-refractivity contribution is 5.99. The third kappa shape index (κ3) is 4.17. The van der Waals surface area contributed by atoms with Crippen molar-refractivity contribution in [3.8, 4) is 22.5 Å². The number of halogens is 2. The van der Waals surface area contributed by atoms with Crippen molar-refractivity contribution in [2.75, 3.05) is 18.4 Å². The average Bonchev–Trinajstić information content (AvgIpc) is 3.64. The number of alkyl halides is 2. The average molecular weight is 485 g/mol. The molecule has 0 radical (unpaired) electrons. The van der Waals surface area contributed by atoms with Gasteiger partial charge in [-0.25, -0.2) is 18.7 Å². The summed E-state index contributed by atoms with van der Waals surface area (Å²) in [7, 11) is 0. The molecule has 1 fully saturated rings. The highest BCUT2D eigenvalue weighted by atomic mass is 19.2. The van der Waals surface area contributed by atoms with Crippen molar-refractivity contribution in [2.24, 2.45) is 0 Å². The molecule has 10 heteroatoms. The van der Waals surface area contributed by atoms with Crippen molar-refractivity contribution in [3.05, 3.63) is 78.9 Å². The van der Waals surface area contributed by atoms with Crippen LogP contribution in [0.1, 0.15) is 10.5 Å². The molecule has 36 heavy (non-hydrogen) atoms. The van der Waals surface area contributed by atoms with Crippen molar-refractivity contribution < 1.29 is 13.6 Å². The molecule has 0 aliphatic carbocycles. The van der Waals surface area contributed by atoms with E-state index in [9.17, 15) is 13.6 Å². The summed E-state index contributed by atoms with van der Waals surface area (Å²) in [4.78, 5) is 26.0. The summed E-state index contributed by atoms with van der Waals surface area (Å²) in [5, 5.41) is 10.9. The maximum Gasteiger partial charge on any atom is 0.270 e. The monoisotopic (exact) mass is 485 g/mol. The van der Waals surface area contributed by atoms with E-state index in [1.54, 1.807) is 24.5 Å². The Morgan fingerprint density at radius 1 is 0.972 bits per heavy atom. The fourth-order valence-electron chi connectivity index (χ4n) is 4.31. The normalized spacial score (nSPS) is 17.6. The molecule has 0 bridgehead atoms. The van der Waals surface area contributed by atoms with Crippen LogP contribution in [-0.2, 0) is 0 Å². The number of aromatic nitrogens is 5. The predicted molar refractivity (Wildman–Crippen MR) is 132 cm³/mol. The molecule has 1 saturated heterocycles. The van der Waals surface area contributed by atoms with Gasteiger partial charge in [0.25, 0.3) is 5.91 Å². The van der Waals surface area contributed by atoms with E-state index < -0.39 is 18.3 Å². The minimum absolute atomic E-state index is 0.236. The summed E-state index contributed by atoms with van der Waals surface area (Å²) < 4.78 is 27.1. The number of nitrogens with zero attached hydrogens (tertiary/aromatic N) is 4. The molecule has 0 saturated carbocycles. The van der Waals surface area contributed by atoms with Gasteiger partial charge in [0.2, 0.25) is 0 Å². The molecular weight excluding hydrogens is 464 g/mol. The second-order valence-corrected chi connectivity index (χ2v) is 8.68. The molecule has 2 atom stereocenters. The SMILES string of the molecule is O=C(c1cc2ccc(-c3nccc(Nc4ccc(-c5cn[nH]c5)cc4)n3)cc2[nH]1)N1C[C@H](F)[C@@H](F)C1. The molecule has 6 rings (SSSR count). The van der Waals surface area contributed by atoms with E-state index in [4.69, 9.17) is 0 Å². The van der Waals surface area contributed by atoms with E-state index in [1.807, 2.05) is 48.7 Å². The minimum atomic E-state index is -1.64. The summed E-state index contributed by atoms with van der Waals surface area (Å²) in [6, 6.07) is 17.0. The molecule has 2 aromatic carbocycles. The number of likely N-dealkylation sites (tertiary alicyclic amines) is 1. The van der Waals surface area contributed by atoms with Gasteiger partial charge in [-0.2, -0.15) is 5.10 Å². The van der Waals surface area contributed by atoms with Gasteiger partial charge in [0.1, 0.15) is 11.5 Å². The van der Waals surface area contributed by atoms with Crippen LogP contribution >= 0.6 is 0 Å². The van der Waals surface area contributed by atoms with Gasteiger partial charge >= 0.3 is 0 Å². The Labute approximate surface area is 204 Å². The second-order valence-electron chi connectivity index (χ2n) is 8.68. The van der Waals surface area contributed by atoms with Crippen LogP contribution in [0.4, 0.5) is 20.3 Å². The minimum Gasteiger partial charge on any atom is -0.351 e. The molecule has 1 aliphatic heterocycles. The number of carbonyl (C=O) groups is 1. The van der Waals surface area contributed by atoms with Crippen LogP contribution in [-0.4, -0.2) is 61.4 Å². The summed E-state index contributed by atoms with van der Waals surface area (Å²) in [5.74, 6) is 0.727. The lowest BCUT2D eigenvalue weighted by Gasteiger charge is -2.13. The highest BCUT2D eigenvalue weighted by Gasteiger charge is 2.36. The number of aromatic amines is 2. The number of benzene rings is 2. The Hall–Kier alpha value is -4.60. The standard InChI is InChI=1S/C26H21F2N7O/c27-20-13-35(14-21(20)28)26(36)23-9-16-1-2-17(10-22(16)33-23)25-29-8-7-24(34-25)32-19-5-3-15(4-6-19)18-11-30-31-12-18/h1-12,20-21,33H,13-14H2,(H,30,31)(H,29,32,34)/t20-,21-/m0/s1. The van der Waals surface area contributed by atoms with Crippen LogP contribution in [0.3, 0.4) is 0 Å². The number of anilines is 2. The van der Waals surface area contributed by atoms with E-state index in [2.05, 4.69) is 30.5 Å². The number of H-pyrrole nitrogens is 2. The van der Waals surface area contributed by atoms with Crippen molar-refractivity contribution in [3.63, 3.8) is 0 Å². The van der Waals surface area contributed by atoms with Gasteiger partial charge in [-0.05, 0) is 35.9 Å². The van der Waals surface area contributed by atoms with Gasteiger partial charge in [-0.3, -0.25) is 9.89 Å². The summed E-state index contributed by atoms with van der Waals surface area (Å²) in [5.41, 5.74) is 4.70. The molecule has 0 spiro atoms. The van der Waals surface area contributed by atoms with Crippen molar-refractivity contribution in [2.45, 2.75) is 12.3 Å². The number of amides is 1. The van der Waals surface area contributed by atoms with E-state index in [1.165, 1.54) is 4.90 Å². The molecule has 8 nitrogen and oxygen atoms in total. The summed E-state index contributed by atoms with van der Waals surface area (Å²) in [6.45, 7) is -0.472. The molecule has 3 N–H and O–H groups in total. The van der Waals surface area contributed by atoms with Crippen LogP contribution < -0.4 is 5.32 Å². The Bertz CT molecular complexity index is 1520. The molecular formula is C26H21F2N7O. The van der Waals surface area contributed by atoms with Gasteiger partial charge in [0.05, 0.1) is 19.3 Å². The first-order chi connectivity index (χ1) is 17.5. The molecule has 180 valence electrons. The van der Waals surface area contributed by atoms with Crippen molar-refractivity contribution in [1.29, 1.82) is 0 Å². The number of fused-ring (bicyclic) bond motifs is 1. The summed E-state index contributed by atoms with van der Waals surface area (Å²) in [6.07, 6.45) is 2.00. The van der Waals surface area contributed by atoms with Gasteiger partial charge in [-0.15, -0.1) is 0 Å². The van der Waals surface area contributed by atoms with Gasteiger partial charge in [0.15, 0.2) is 18.2 Å². The second kappa shape index (κ2) is 8.88. The van der Waals surface area contributed by atoms with Crippen LogP contribution in [0, 0.1) is 0 Å². The van der Waals surface area contributed by atoms with E-state index in [0.717, 1.165) is 27.8 Å². The lowest BCUT2D eigenvalue weighted by Crippen LogP contribution is -2.29. The third-order valence-corrected chi connectivity index (χ3v) is 6.22. The zero-order valence-electron chi connectivity index (χ0n) is 19.0. The Morgan fingerprint density at radius 2 is 1.75 bits per heavy atom. The van der Waals surface area contributed by atoms with Crippen LogP contribution in [0.25, 0.3) is 33.4 Å². The van der Waals surface area contributed by atoms with Gasteiger partial charge in [0, 0.05) is 40.1 Å². The number of carbonyl (C=O) groups excluding carboxylic acids is 1. The van der Waals surface area contributed by atoms with Crippen molar-refractivity contribution >= 4 is 28.3 Å². The Kier molecular flexibility index (Phi) is 5.40. The lowest BCUT2D eigenvalue weighted by molar-refractivity contribution is 0.0774. The molecule has 3 aromatic heterocycles. The first-order valence-corrected chi connectivity index (χ1v) is 11.4. The number of hydrogen-bond acceptors (Lipinski definition) is 5. The predicted octanol–water partition coefficient (Wildman–Crippen LogP) is 4.89. The van der Waals surface area contributed by atoms with Crippen LogP contribution in [0.5, 0.6) is 0 Å². The molecule has 4 heterocycles. The maximum atomic E-state index is 13.5. The highest BCUT2D eigenvalue weighted by Crippen LogP contribution is 2.26. The van der Waals surface area contributed by atoms with E-state index >= 15 is 0 Å². The van der Waals surface area contributed by atoms with Crippen LogP contribution in [0.2, 0.25) is 0 Å². The Balaban J connectivity index is 1.21. The number of hydrogen-bond donors (Lipinski definition) is 3. The molecule has 1 amide bonds. The fourth-order valence-corrected chi connectivity index (χ4v) is 4.31. The fraction of sp³-hybridized carbons (Fsp3) is 0.154. The zero-order chi connectivity index (χ0) is 24.6. The van der Waals surface area contributed by atoms with E-state index in [-0.39, 0.29) is 13.1 Å². The lowest BCUT2D eigenvalue weighted by atomic mass is 10.1. The first kappa shape index (κ1) is 21.9. The summed E-state index contributed by atoms with van der Waals surface area (Å²) >= 11 is 0. The third-order valence-electron chi connectivity index (χ3n) is 6.22. The first-order valence-electron chi connectivity index (χ1n) is 11.4. The number of nitrogens with one attached hydrogen (secondary N) is 3. The van der Waals surface area contributed by atoms with Crippen molar-refractivity contribution in [1.82, 2.24) is 30.0 Å². The zero-order valence-corrected chi connectivity index (χ0v) is 19.0. The molecule has 5 aromatic rings. The van der Waals surface area contributed by atoms with Crippen LogP contribution in [0.15, 0.2) is 73.2 Å². The topological polar surface area (TPSA) is 103 Å². The number of rotatable bonds is 5. The smallest absolute Gasteiger partial charge is 0.270 e. The van der Waals surface area contributed by atoms with E-state index in [0.29, 0.717) is 22.9 Å². The molecule has 1 aliphatic rings. The largest absolute Gasteiger partial charge is 0.351 e. The quantitative estimate of drug-likeness (QED) is 0.329.